The average Bonchev–Trinajstić information content (AvgIpc) is 2.08. The summed E-state index contributed by atoms with van der Waals surface area (Å²) < 4.78 is 0. The van der Waals surface area contributed by atoms with E-state index in [0.29, 0.717) is 0 Å². The fraction of sp³-hybridized carbons (Fsp3) is 1.00. The van der Waals surface area contributed by atoms with Crippen molar-refractivity contribution < 1.29 is 0 Å². The smallest absolute Gasteiger partial charge is 0.0184 e. The molecular weight excluding hydrogens is 241 g/mol. The Balaban J connectivity index is 2.76. The second-order valence-corrected chi connectivity index (χ2v) is 47.2. The zero-order chi connectivity index (χ0) is 9.46. The average molecular weight is 259 g/mol. The molecule has 0 aliphatic carbocycles. The molecule has 0 N–H and O–H groups in total. The molecule has 6 radical (unpaired) electrons. The van der Waals surface area contributed by atoms with Gasteiger partial charge in [0.2, 0.25) is 0 Å². The van der Waals surface area contributed by atoms with E-state index in [0.717, 1.165) is 0 Å². The largest absolute Gasteiger partial charge is 0.0759 e. The van der Waals surface area contributed by atoms with Gasteiger partial charge in [0.25, 0.3) is 0 Å². The van der Waals surface area contributed by atoms with Gasteiger partial charge in [-0.3, -0.25) is 0 Å². The highest BCUT2D eigenvalue weighted by molar-refractivity contribution is 7.95. The Kier molecular flexibility index (Phi) is 4.00. The van der Waals surface area contributed by atoms with Crippen LogP contribution >= 0.6 is 0 Å². The molecule has 0 atom stereocenters. The Morgan fingerprint density at radius 2 is 0.417 bits per heavy atom. The van der Waals surface area contributed by atoms with Gasteiger partial charge in [0.15, 0.2) is 0 Å². The predicted octanol–water partition coefficient (Wildman–Crippen LogP) is 1.22. The lowest BCUT2D eigenvalue weighted by atomic mass is 11.9. The zero-order valence-electron chi connectivity index (χ0n) is 9.00. The van der Waals surface area contributed by atoms with Crippen LogP contribution in [0.2, 0.25) is 39.3 Å². The zero-order valence-corrected chi connectivity index (χ0v) is 15.0. The first-order chi connectivity index (χ1) is 5.46. The van der Waals surface area contributed by atoms with E-state index < -0.39 is 0 Å². The monoisotopic (exact) mass is 258 g/mol. The quantitative estimate of drug-likeness (QED) is 0.573. The van der Waals surface area contributed by atoms with Crippen LogP contribution in [-0.2, 0) is 0 Å². The molecule has 0 aromatic heterocycles. The van der Waals surface area contributed by atoms with Gasteiger partial charge in [0, 0.05) is 47.0 Å². The second-order valence-electron chi connectivity index (χ2n) is 3.75. The van der Waals surface area contributed by atoms with Crippen molar-refractivity contribution in [1.29, 1.82) is 0 Å². The Labute approximate surface area is 86.2 Å². The lowest BCUT2D eigenvalue weighted by Crippen LogP contribution is -2.72. The van der Waals surface area contributed by atoms with E-state index in [1.54, 1.807) is 0 Å². The van der Waals surface area contributed by atoms with Crippen LogP contribution in [0.15, 0.2) is 0 Å². The Bertz CT molecular complexity index is 104. The third-order valence-electron chi connectivity index (χ3n) is 3.38. The van der Waals surface area contributed by atoms with Crippen molar-refractivity contribution in [3.05, 3.63) is 0 Å². The maximum atomic E-state index is 2.68. The summed E-state index contributed by atoms with van der Waals surface area (Å²) in [4.78, 5) is 0. The molecule has 0 amide bonds. The first-order valence-electron chi connectivity index (χ1n) is 4.50. The molecule has 1 aliphatic rings. The molecule has 1 heterocycles. The van der Waals surface area contributed by atoms with Crippen molar-refractivity contribution in [3.63, 3.8) is 0 Å². The highest BCUT2D eigenvalue weighted by atomic mass is 30.1. The Morgan fingerprint density at radius 1 is 0.333 bits per heavy atom. The molecular formula is C6H18Si6. The van der Waals surface area contributed by atoms with Crippen molar-refractivity contribution >= 4 is 47.0 Å². The summed E-state index contributed by atoms with van der Waals surface area (Å²) in [5.41, 5.74) is 0. The van der Waals surface area contributed by atoms with E-state index >= 15 is 0 Å². The standard InChI is InChI=1S/C6H18Si6/c1-7-8(2)10(4)12(6)11(5)9(7)3/h1-6H3. The molecule has 0 unspecified atom stereocenters. The fourth-order valence-electron chi connectivity index (χ4n) is 1.69. The summed E-state index contributed by atoms with van der Waals surface area (Å²) in [6.07, 6.45) is 0. The highest BCUT2D eigenvalue weighted by Gasteiger charge is 2.43. The van der Waals surface area contributed by atoms with Gasteiger partial charge in [-0.25, -0.2) is 0 Å². The van der Waals surface area contributed by atoms with Crippen molar-refractivity contribution in [2.24, 2.45) is 0 Å². The van der Waals surface area contributed by atoms with E-state index in [2.05, 4.69) is 39.3 Å². The van der Waals surface area contributed by atoms with Crippen LogP contribution in [0.1, 0.15) is 0 Å². The van der Waals surface area contributed by atoms with Gasteiger partial charge in [-0.05, 0) is 0 Å². The van der Waals surface area contributed by atoms with Crippen LogP contribution in [-0.4, -0.2) is 47.0 Å². The van der Waals surface area contributed by atoms with E-state index in [1.165, 1.54) is 0 Å². The normalized spacial score (nSPS) is 28.5. The third kappa shape index (κ3) is 1.87. The molecule has 6 heteroatoms. The van der Waals surface area contributed by atoms with Crippen molar-refractivity contribution in [1.82, 2.24) is 0 Å². The van der Waals surface area contributed by atoms with Crippen LogP contribution in [0.4, 0.5) is 0 Å². The summed E-state index contributed by atoms with van der Waals surface area (Å²) in [6, 6.07) is 0. The molecule has 0 nitrogen and oxygen atoms in total. The molecule has 0 saturated carbocycles. The van der Waals surface area contributed by atoms with Gasteiger partial charge in [0.1, 0.15) is 0 Å². The van der Waals surface area contributed by atoms with Crippen molar-refractivity contribution in [2.75, 3.05) is 0 Å². The molecule has 0 aromatic carbocycles. The molecule has 1 fully saturated rings. The molecule has 0 spiro atoms. The van der Waals surface area contributed by atoms with Crippen LogP contribution in [0.3, 0.4) is 0 Å². The maximum absolute atomic E-state index is 2.68. The van der Waals surface area contributed by atoms with E-state index in [9.17, 15) is 0 Å². The Morgan fingerprint density at radius 3 is 0.500 bits per heavy atom. The summed E-state index contributed by atoms with van der Waals surface area (Å²) >= 11 is 0. The Hall–Kier alpha value is 1.30. The first-order valence-corrected chi connectivity index (χ1v) is 22.5. The van der Waals surface area contributed by atoms with Gasteiger partial charge in [0.05, 0.1) is 0 Å². The minimum absolute atomic E-state index is 0.242. The topological polar surface area (TPSA) is 0 Å². The van der Waals surface area contributed by atoms with Gasteiger partial charge >= 0.3 is 0 Å². The maximum Gasteiger partial charge on any atom is 0.0184 e. The molecule has 66 valence electrons. The lowest BCUT2D eigenvalue weighted by molar-refractivity contribution is 2.09. The fourth-order valence-corrected chi connectivity index (χ4v) is 127. The van der Waals surface area contributed by atoms with Crippen LogP contribution in [0, 0.1) is 0 Å². The summed E-state index contributed by atoms with van der Waals surface area (Å²) in [6.45, 7) is 16.1. The van der Waals surface area contributed by atoms with Crippen LogP contribution in [0.5, 0.6) is 0 Å². The second kappa shape index (κ2) is 4.22. The molecule has 1 aliphatic heterocycles. The van der Waals surface area contributed by atoms with Gasteiger partial charge < -0.3 is 0 Å². The first kappa shape index (κ1) is 11.4. The number of hydrogen-bond acceptors (Lipinski definition) is 0. The minimum Gasteiger partial charge on any atom is -0.0759 e. The number of hydrogen-bond donors (Lipinski definition) is 0. The third-order valence-corrected chi connectivity index (χ3v) is 84.4. The highest BCUT2D eigenvalue weighted by Crippen LogP contribution is 2.15. The molecule has 0 aromatic rings. The molecule has 0 bridgehead atoms. The van der Waals surface area contributed by atoms with Gasteiger partial charge in [-0.2, -0.15) is 0 Å². The van der Waals surface area contributed by atoms with Crippen LogP contribution in [0.25, 0.3) is 0 Å². The minimum atomic E-state index is 0.242. The SMILES string of the molecule is C[Si]1[Si](C)[Si](C)[Si](C)[Si](C)[Si]1C. The van der Waals surface area contributed by atoms with E-state index in [1.807, 2.05) is 0 Å². The summed E-state index contributed by atoms with van der Waals surface area (Å²) in [5, 5.41) is 0. The van der Waals surface area contributed by atoms with Gasteiger partial charge in [-0.1, -0.05) is 39.3 Å². The summed E-state index contributed by atoms with van der Waals surface area (Å²) in [7, 11) is 1.45. The number of rotatable bonds is 0. The van der Waals surface area contributed by atoms with E-state index in [4.69, 9.17) is 0 Å². The van der Waals surface area contributed by atoms with Crippen molar-refractivity contribution in [3.8, 4) is 0 Å². The summed E-state index contributed by atoms with van der Waals surface area (Å²) in [5.74, 6) is 0. The predicted molar refractivity (Wildman–Crippen MR) is 69.7 cm³/mol. The molecule has 1 saturated heterocycles. The van der Waals surface area contributed by atoms with Gasteiger partial charge in [-0.15, -0.1) is 0 Å². The molecule has 1 rings (SSSR count). The van der Waals surface area contributed by atoms with E-state index in [-0.39, 0.29) is 47.0 Å². The van der Waals surface area contributed by atoms with Crippen LogP contribution < -0.4 is 0 Å². The van der Waals surface area contributed by atoms with Crippen molar-refractivity contribution in [2.45, 2.75) is 39.3 Å². The molecule has 12 heavy (non-hydrogen) atoms. The lowest BCUT2D eigenvalue weighted by Gasteiger charge is -2.41.